The Hall–Kier alpha value is -0.320. The van der Waals surface area contributed by atoms with Crippen molar-refractivity contribution in [1.29, 1.82) is 0 Å². The summed E-state index contributed by atoms with van der Waals surface area (Å²) < 4.78 is 0. The third kappa shape index (κ3) is 5.14. The second-order valence-electron chi connectivity index (χ2n) is 4.48. The first-order valence-electron chi connectivity index (χ1n) is 5.88. The normalized spacial score (nSPS) is 19.9. The van der Waals surface area contributed by atoms with Gasteiger partial charge in [0.2, 0.25) is 5.91 Å². The van der Waals surface area contributed by atoms with E-state index in [1.807, 2.05) is 6.92 Å². The Bertz CT molecular complexity index is 205. The zero-order valence-corrected chi connectivity index (χ0v) is 11.1. The predicted octanol–water partition coefficient (Wildman–Crippen LogP) is 0.746. The number of carbonyl (C=O) groups excluding carboxylic acids is 1. The number of nitrogens with zero attached hydrogens (tertiary/aromatic N) is 1. The van der Waals surface area contributed by atoms with Crippen LogP contribution in [0.1, 0.15) is 32.6 Å². The zero-order chi connectivity index (χ0) is 11.3. The van der Waals surface area contributed by atoms with Gasteiger partial charge in [-0.15, -0.1) is 12.4 Å². The van der Waals surface area contributed by atoms with Gasteiger partial charge in [-0.1, -0.05) is 13.3 Å². The topological polar surface area (TPSA) is 58.4 Å². The van der Waals surface area contributed by atoms with Crippen molar-refractivity contribution < 1.29 is 4.79 Å². The highest BCUT2D eigenvalue weighted by atomic mass is 35.5. The first-order valence-corrected chi connectivity index (χ1v) is 5.88. The van der Waals surface area contributed by atoms with Crippen LogP contribution in [0.4, 0.5) is 0 Å². The van der Waals surface area contributed by atoms with Crippen LogP contribution in [0, 0.1) is 0 Å². The van der Waals surface area contributed by atoms with Gasteiger partial charge in [0.15, 0.2) is 0 Å². The van der Waals surface area contributed by atoms with Gasteiger partial charge in [-0.25, -0.2) is 0 Å². The van der Waals surface area contributed by atoms with E-state index in [0.29, 0.717) is 6.04 Å². The maximum atomic E-state index is 11.6. The standard InChI is InChI=1S/C11H23N3O.ClH/c1-3-4-10(12)11(15)13-9-5-7-14(2)8-6-9;/h9-10H,3-8,12H2,1-2H3,(H,13,15);1H. The molecule has 1 aliphatic heterocycles. The van der Waals surface area contributed by atoms with Crippen LogP contribution >= 0.6 is 12.4 Å². The molecule has 4 nitrogen and oxygen atoms in total. The molecule has 0 bridgehead atoms. The average molecular weight is 250 g/mol. The molecule has 0 radical (unpaired) electrons. The molecule has 1 rings (SSSR count). The number of hydrogen-bond donors (Lipinski definition) is 2. The molecule has 0 spiro atoms. The van der Waals surface area contributed by atoms with Crippen LogP contribution in [-0.4, -0.2) is 43.0 Å². The van der Waals surface area contributed by atoms with Crippen LogP contribution in [0.5, 0.6) is 0 Å². The molecule has 1 unspecified atom stereocenters. The fourth-order valence-corrected chi connectivity index (χ4v) is 1.90. The first-order chi connectivity index (χ1) is 7.13. The molecule has 5 heteroatoms. The van der Waals surface area contributed by atoms with Crippen LogP contribution in [0.2, 0.25) is 0 Å². The van der Waals surface area contributed by atoms with Crippen molar-refractivity contribution in [3.8, 4) is 0 Å². The molecule has 1 amide bonds. The maximum Gasteiger partial charge on any atom is 0.237 e. The van der Waals surface area contributed by atoms with E-state index in [1.54, 1.807) is 0 Å². The fraction of sp³-hybridized carbons (Fsp3) is 0.909. The molecule has 1 atom stereocenters. The van der Waals surface area contributed by atoms with E-state index in [2.05, 4.69) is 17.3 Å². The summed E-state index contributed by atoms with van der Waals surface area (Å²) in [6.07, 6.45) is 3.82. The largest absolute Gasteiger partial charge is 0.352 e. The minimum absolute atomic E-state index is 0. The Balaban J connectivity index is 0.00000225. The van der Waals surface area contributed by atoms with Gasteiger partial charge >= 0.3 is 0 Å². The Kier molecular flexibility index (Phi) is 7.72. The Morgan fingerprint density at radius 1 is 1.50 bits per heavy atom. The van der Waals surface area contributed by atoms with Crippen molar-refractivity contribution in [3.63, 3.8) is 0 Å². The molecule has 1 heterocycles. The molecule has 1 saturated heterocycles. The number of likely N-dealkylation sites (tertiary alicyclic amines) is 1. The third-order valence-electron chi connectivity index (χ3n) is 3.00. The Morgan fingerprint density at radius 2 is 2.06 bits per heavy atom. The quantitative estimate of drug-likeness (QED) is 0.773. The molecular weight excluding hydrogens is 226 g/mol. The van der Waals surface area contributed by atoms with Crippen LogP contribution in [0.15, 0.2) is 0 Å². The van der Waals surface area contributed by atoms with E-state index in [0.717, 1.165) is 38.8 Å². The monoisotopic (exact) mass is 249 g/mol. The number of nitrogens with one attached hydrogen (secondary N) is 1. The lowest BCUT2D eigenvalue weighted by molar-refractivity contribution is -0.123. The van der Waals surface area contributed by atoms with Gasteiger partial charge in [0.25, 0.3) is 0 Å². The molecule has 0 saturated carbocycles. The molecule has 0 aromatic carbocycles. The number of piperidine rings is 1. The highest BCUT2D eigenvalue weighted by molar-refractivity contribution is 5.85. The highest BCUT2D eigenvalue weighted by Crippen LogP contribution is 2.08. The number of halogens is 1. The van der Waals surface area contributed by atoms with E-state index in [-0.39, 0.29) is 24.4 Å². The second kappa shape index (κ2) is 7.87. The number of nitrogens with two attached hydrogens (primary N) is 1. The SMILES string of the molecule is CCCC(N)C(=O)NC1CCN(C)CC1.Cl. The fourth-order valence-electron chi connectivity index (χ4n) is 1.90. The van der Waals surface area contributed by atoms with Crippen molar-refractivity contribution in [2.24, 2.45) is 5.73 Å². The summed E-state index contributed by atoms with van der Waals surface area (Å²) in [6.45, 7) is 4.17. The number of amides is 1. The molecule has 0 aromatic heterocycles. The highest BCUT2D eigenvalue weighted by Gasteiger charge is 2.20. The van der Waals surface area contributed by atoms with Crippen molar-refractivity contribution in [2.75, 3.05) is 20.1 Å². The predicted molar refractivity (Wildman–Crippen MR) is 68.8 cm³/mol. The molecule has 96 valence electrons. The van der Waals surface area contributed by atoms with E-state index < -0.39 is 0 Å². The lowest BCUT2D eigenvalue weighted by Crippen LogP contribution is -2.49. The maximum absolute atomic E-state index is 11.6. The van der Waals surface area contributed by atoms with Gasteiger partial charge in [-0.2, -0.15) is 0 Å². The molecular formula is C11H24ClN3O. The minimum atomic E-state index is -0.324. The summed E-state index contributed by atoms with van der Waals surface area (Å²) in [5, 5.41) is 3.03. The Labute approximate surface area is 104 Å². The van der Waals surface area contributed by atoms with Gasteiger partial charge < -0.3 is 16.0 Å². The lowest BCUT2D eigenvalue weighted by atomic mass is 10.0. The number of hydrogen-bond acceptors (Lipinski definition) is 3. The van der Waals surface area contributed by atoms with Crippen molar-refractivity contribution in [2.45, 2.75) is 44.7 Å². The van der Waals surface area contributed by atoms with Gasteiger partial charge in [0, 0.05) is 6.04 Å². The van der Waals surface area contributed by atoms with Crippen molar-refractivity contribution in [3.05, 3.63) is 0 Å². The van der Waals surface area contributed by atoms with Crippen molar-refractivity contribution >= 4 is 18.3 Å². The van der Waals surface area contributed by atoms with E-state index >= 15 is 0 Å². The van der Waals surface area contributed by atoms with Crippen LogP contribution in [0.3, 0.4) is 0 Å². The first kappa shape index (κ1) is 15.7. The summed E-state index contributed by atoms with van der Waals surface area (Å²) in [5.74, 6) is 0.0198. The molecule has 0 aromatic rings. The minimum Gasteiger partial charge on any atom is -0.352 e. The molecule has 0 aliphatic carbocycles. The van der Waals surface area contributed by atoms with Crippen LogP contribution < -0.4 is 11.1 Å². The van der Waals surface area contributed by atoms with Gasteiger partial charge in [-0.3, -0.25) is 4.79 Å². The molecule has 1 aliphatic rings. The third-order valence-corrected chi connectivity index (χ3v) is 3.00. The van der Waals surface area contributed by atoms with E-state index in [1.165, 1.54) is 0 Å². The van der Waals surface area contributed by atoms with E-state index in [4.69, 9.17) is 5.73 Å². The summed E-state index contributed by atoms with van der Waals surface area (Å²) in [5.41, 5.74) is 5.75. The van der Waals surface area contributed by atoms with Crippen LogP contribution in [0.25, 0.3) is 0 Å². The zero-order valence-electron chi connectivity index (χ0n) is 10.2. The lowest BCUT2D eigenvalue weighted by Gasteiger charge is -2.30. The van der Waals surface area contributed by atoms with Gasteiger partial charge in [-0.05, 0) is 39.4 Å². The summed E-state index contributed by atoms with van der Waals surface area (Å²) in [4.78, 5) is 13.9. The second-order valence-corrected chi connectivity index (χ2v) is 4.48. The number of rotatable bonds is 4. The molecule has 3 N–H and O–H groups in total. The summed E-state index contributed by atoms with van der Waals surface area (Å²) in [7, 11) is 2.11. The van der Waals surface area contributed by atoms with Crippen molar-refractivity contribution in [1.82, 2.24) is 10.2 Å². The van der Waals surface area contributed by atoms with Gasteiger partial charge in [0.1, 0.15) is 0 Å². The number of carbonyl (C=O) groups is 1. The Morgan fingerprint density at radius 3 is 2.56 bits per heavy atom. The van der Waals surface area contributed by atoms with E-state index in [9.17, 15) is 4.79 Å². The van der Waals surface area contributed by atoms with Crippen LogP contribution in [-0.2, 0) is 4.79 Å². The smallest absolute Gasteiger partial charge is 0.237 e. The van der Waals surface area contributed by atoms with Gasteiger partial charge in [0.05, 0.1) is 6.04 Å². The average Bonchev–Trinajstić information content (AvgIpc) is 2.22. The molecule has 1 fully saturated rings. The summed E-state index contributed by atoms with van der Waals surface area (Å²) >= 11 is 0. The summed E-state index contributed by atoms with van der Waals surface area (Å²) in [6, 6.07) is 0.00580. The molecule has 16 heavy (non-hydrogen) atoms.